The van der Waals surface area contributed by atoms with Crippen LogP contribution in [0, 0.1) is 0 Å². The highest BCUT2D eigenvalue weighted by atomic mass is 28.3. The molecule has 0 spiro atoms. The van der Waals surface area contributed by atoms with Crippen LogP contribution in [0.4, 0.5) is 5.69 Å². The lowest BCUT2D eigenvalue weighted by molar-refractivity contribution is 0.874. The van der Waals surface area contributed by atoms with Crippen LogP contribution in [-0.4, -0.2) is 8.07 Å². The van der Waals surface area contributed by atoms with Crippen molar-refractivity contribution >= 4 is 13.8 Å². The van der Waals surface area contributed by atoms with E-state index in [0.717, 1.165) is 0 Å². The van der Waals surface area contributed by atoms with Crippen LogP contribution in [0.2, 0.25) is 24.2 Å². The van der Waals surface area contributed by atoms with Crippen LogP contribution in [0.3, 0.4) is 0 Å². The van der Waals surface area contributed by atoms with Crippen LogP contribution in [0.15, 0.2) is 71.8 Å². The molecule has 0 aliphatic rings. The first kappa shape index (κ1) is 20.5. The van der Waals surface area contributed by atoms with E-state index in [0.29, 0.717) is 0 Å². The lowest BCUT2D eigenvalue weighted by atomic mass is 9.96. The molecule has 140 valence electrons. The summed E-state index contributed by atoms with van der Waals surface area (Å²) in [6.45, 7) is 11.8. The topological polar surface area (TPSA) is 12.0 Å². The Morgan fingerprint density at radius 3 is 1.77 bits per heavy atom. The summed E-state index contributed by atoms with van der Waals surface area (Å²) in [5, 5.41) is 3.84. The Morgan fingerprint density at radius 2 is 1.31 bits per heavy atom. The average molecular weight is 366 g/mol. The van der Waals surface area contributed by atoms with Crippen molar-refractivity contribution in [1.82, 2.24) is 0 Å². The van der Waals surface area contributed by atoms with Gasteiger partial charge >= 0.3 is 0 Å². The Labute approximate surface area is 161 Å². The summed E-state index contributed by atoms with van der Waals surface area (Å²) in [7, 11) is -1.25. The highest BCUT2D eigenvalue weighted by molar-refractivity contribution is 6.80. The van der Waals surface area contributed by atoms with Gasteiger partial charge < -0.3 is 5.32 Å². The van der Waals surface area contributed by atoms with E-state index in [-0.39, 0.29) is 6.04 Å². The summed E-state index contributed by atoms with van der Waals surface area (Å²) < 4.78 is 0. The first-order valence-corrected chi connectivity index (χ1v) is 12.9. The van der Waals surface area contributed by atoms with E-state index in [1.807, 2.05) is 0 Å². The van der Waals surface area contributed by atoms with Gasteiger partial charge in [-0.2, -0.15) is 0 Å². The molecule has 0 heterocycles. The smallest absolute Gasteiger partial charge is 0.0726 e. The van der Waals surface area contributed by atoms with Gasteiger partial charge in [0.05, 0.1) is 14.1 Å². The predicted molar refractivity (Wildman–Crippen MR) is 120 cm³/mol. The van der Waals surface area contributed by atoms with E-state index in [2.05, 4.69) is 101 Å². The van der Waals surface area contributed by atoms with Crippen molar-refractivity contribution in [2.24, 2.45) is 0 Å². The number of benzene rings is 2. The lowest BCUT2D eigenvalue weighted by Crippen LogP contribution is -2.33. The van der Waals surface area contributed by atoms with Gasteiger partial charge in [-0.1, -0.05) is 93.0 Å². The molecule has 1 N–H and O–H groups in total. The number of anilines is 1. The molecule has 0 fully saturated rings. The monoisotopic (exact) mass is 365 g/mol. The predicted octanol–water partition coefficient (Wildman–Crippen LogP) is 7.68. The van der Waals surface area contributed by atoms with Crippen LogP contribution in [-0.2, 0) is 0 Å². The molecule has 2 aromatic carbocycles. The standard InChI is InChI=1S/C24H35NSi/c1-6-26(7-2,8-3)19-23(20(4)5)24(21-15-11-9-12-16-21)25-22-17-13-10-14-18-22/h9-18,24-25H,6-8,19H2,1-5H3. The molecule has 0 aromatic heterocycles. The molecule has 2 rings (SSSR count). The Kier molecular flexibility index (Phi) is 7.71. The van der Waals surface area contributed by atoms with Gasteiger partial charge in [-0.05, 0) is 43.2 Å². The number of hydrogen-bond donors (Lipinski definition) is 1. The van der Waals surface area contributed by atoms with Crippen molar-refractivity contribution in [1.29, 1.82) is 0 Å². The molecule has 1 atom stereocenters. The average Bonchev–Trinajstić information content (AvgIpc) is 2.69. The van der Waals surface area contributed by atoms with Crippen molar-refractivity contribution in [3.63, 3.8) is 0 Å². The normalized spacial score (nSPS) is 12.5. The zero-order chi connectivity index (χ0) is 19.0. The first-order chi connectivity index (χ1) is 12.5. The quantitative estimate of drug-likeness (QED) is 0.355. The Hall–Kier alpha value is -1.80. The maximum absolute atomic E-state index is 3.84. The van der Waals surface area contributed by atoms with Crippen molar-refractivity contribution in [3.8, 4) is 0 Å². The van der Waals surface area contributed by atoms with Gasteiger partial charge in [0, 0.05) is 5.69 Å². The number of rotatable bonds is 9. The molecule has 2 heteroatoms. The minimum Gasteiger partial charge on any atom is -0.374 e. The molecular formula is C24H35NSi. The number of hydrogen-bond acceptors (Lipinski definition) is 1. The molecule has 0 aliphatic carbocycles. The largest absolute Gasteiger partial charge is 0.374 e. The molecule has 0 saturated carbocycles. The maximum Gasteiger partial charge on any atom is 0.0726 e. The number of allylic oxidation sites excluding steroid dienone is 1. The molecule has 2 aromatic rings. The summed E-state index contributed by atoms with van der Waals surface area (Å²) in [4.78, 5) is 0. The minimum atomic E-state index is -1.25. The minimum absolute atomic E-state index is 0.250. The van der Waals surface area contributed by atoms with Crippen molar-refractivity contribution in [2.45, 2.75) is 64.8 Å². The van der Waals surface area contributed by atoms with Crippen molar-refractivity contribution in [3.05, 3.63) is 77.4 Å². The molecule has 0 amide bonds. The second-order valence-electron chi connectivity index (χ2n) is 7.62. The van der Waals surface area contributed by atoms with Gasteiger partial charge in [0.25, 0.3) is 0 Å². The van der Waals surface area contributed by atoms with Crippen LogP contribution in [0.5, 0.6) is 0 Å². The van der Waals surface area contributed by atoms with Crippen molar-refractivity contribution in [2.75, 3.05) is 5.32 Å². The zero-order valence-electron chi connectivity index (χ0n) is 17.2. The van der Waals surface area contributed by atoms with Crippen LogP contribution < -0.4 is 5.32 Å². The lowest BCUT2D eigenvalue weighted by Gasteiger charge is -2.34. The number of nitrogens with one attached hydrogen (secondary N) is 1. The Bertz CT molecular complexity index is 674. The molecule has 0 bridgehead atoms. The zero-order valence-corrected chi connectivity index (χ0v) is 18.2. The molecule has 1 unspecified atom stereocenters. The second-order valence-corrected chi connectivity index (χ2v) is 13.1. The second kappa shape index (κ2) is 9.77. The maximum atomic E-state index is 3.84. The van der Waals surface area contributed by atoms with E-state index in [1.165, 1.54) is 41.0 Å². The summed E-state index contributed by atoms with van der Waals surface area (Å²) in [6, 6.07) is 27.2. The molecule has 0 radical (unpaired) electrons. The Morgan fingerprint density at radius 1 is 0.808 bits per heavy atom. The van der Waals surface area contributed by atoms with Crippen LogP contribution in [0.1, 0.15) is 46.2 Å². The SMILES string of the molecule is CC[Si](CC)(CC)CC(=C(C)C)C(Nc1ccccc1)c1ccccc1. The highest BCUT2D eigenvalue weighted by Crippen LogP contribution is 2.38. The van der Waals surface area contributed by atoms with E-state index < -0.39 is 8.07 Å². The molecule has 0 saturated heterocycles. The van der Waals surface area contributed by atoms with E-state index in [4.69, 9.17) is 0 Å². The fraction of sp³-hybridized carbons (Fsp3) is 0.417. The molecule has 0 aliphatic heterocycles. The third kappa shape index (κ3) is 5.11. The third-order valence-corrected chi connectivity index (χ3v) is 11.7. The van der Waals surface area contributed by atoms with Gasteiger partial charge in [-0.3, -0.25) is 0 Å². The van der Waals surface area contributed by atoms with Crippen molar-refractivity contribution < 1.29 is 0 Å². The summed E-state index contributed by atoms with van der Waals surface area (Å²) >= 11 is 0. The van der Waals surface area contributed by atoms with Gasteiger partial charge in [0.15, 0.2) is 0 Å². The highest BCUT2D eigenvalue weighted by Gasteiger charge is 2.31. The summed E-state index contributed by atoms with van der Waals surface area (Å²) in [5.41, 5.74) is 5.61. The van der Waals surface area contributed by atoms with E-state index >= 15 is 0 Å². The van der Waals surface area contributed by atoms with Gasteiger partial charge in [0.2, 0.25) is 0 Å². The third-order valence-electron chi connectivity index (χ3n) is 6.02. The molecule has 1 nitrogen and oxygen atoms in total. The van der Waals surface area contributed by atoms with Crippen LogP contribution >= 0.6 is 0 Å². The van der Waals surface area contributed by atoms with E-state index in [9.17, 15) is 0 Å². The molecule has 26 heavy (non-hydrogen) atoms. The summed E-state index contributed by atoms with van der Waals surface area (Å²) in [5.74, 6) is 0. The van der Waals surface area contributed by atoms with Crippen LogP contribution in [0.25, 0.3) is 0 Å². The van der Waals surface area contributed by atoms with E-state index in [1.54, 1.807) is 5.57 Å². The summed E-state index contributed by atoms with van der Waals surface area (Å²) in [6.07, 6.45) is 0. The fourth-order valence-electron chi connectivity index (χ4n) is 3.81. The fourth-order valence-corrected chi connectivity index (χ4v) is 7.43. The molecular weight excluding hydrogens is 330 g/mol. The van der Waals surface area contributed by atoms with Gasteiger partial charge in [-0.25, -0.2) is 0 Å². The first-order valence-electron chi connectivity index (χ1n) is 10.1. The number of para-hydroxylation sites is 1. The van der Waals surface area contributed by atoms with Gasteiger partial charge in [-0.15, -0.1) is 0 Å². The Balaban J connectivity index is 2.45. The van der Waals surface area contributed by atoms with Gasteiger partial charge in [0.1, 0.15) is 0 Å².